The Labute approximate surface area is 200 Å². The number of rotatable bonds is 7. The van der Waals surface area contributed by atoms with Crippen LogP contribution in [0.25, 0.3) is 0 Å². The van der Waals surface area contributed by atoms with Gasteiger partial charge in [0.2, 0.25) is 5.91 Å². The molecule has 34 heavy (non-hydrogen) atoms. The summed E-state index contributed by atoms with van der Waals surface area (Å²) < 4.78 is 14.7. The van der Waals surface area contributed by atoms with Crippen molar-refractivity contribution in [3.63, 3.8) is 0 Å². The minimum Gasteiger partial charge on any atom is -0.465 e. The Morgan fingerprint density at radius 2 is 2.00 bits per heavy atom. The number of benzene rings is 1. The van der Waals surface area contributed by atoms with E-state index in [1.54, 1.807) is 42.2 Å². The zero-order valence-electron chi connectivity index (χ0n) is 18.4. The number of carbonyl (C=O) groups is 2. The van der Waals surface area contributed by atoms with E-state index in [1.807, 2.05) is 0 Å². The van der Waals surface area contributed by atoms with E-state index in [-0.39, 0.29) is 41.5 Å². The second-order valence-electron chi connectivity index (χ2n) is 7.66. The third-order valence-corrected chi connectivity index (χ3v) is 6.82. The fourth-order valence-electron chi connectivity index (χ4n) is 3.95. The number of nitrogens with zero attached hydrogens (tertiary/aromatic N) is 4. The van der Waals surface area contributed by atoms with E-state index < -0.39 is 29.5 Å². The Balaban J connectivity index is 2.06. The monoisotopic (exact) mass is 482 g/mol. The number of aromatic nitrogens is 1. The molecular weight excluding hydrogens is 459 g/mol. The molecule has 1 unspecified atom stereocenters. The molecule has 9 nitrogen and oxygen atoms in total. The number of amides is 2. The zero-order valence-corrected chi connectivity index (χ0v) is 19.2. The van der Waals surface area contributed by atoms with E-state index >= 15 is 0 Å². The predicted molar refractivity (Wildman–Crippen MR) is 124 cm³/mol. The predicted octanol–water partition coefficient (Wildman–Crippen LogP) is 2.89. The molecule has 11 heteroatoms. The number of anilines is 1. The van der Waals surface area contributed by atoms with Crippen LogP contribution in [0.5, 0.6) is 0 Å². The molecule has 1 aliphatic rings. The Morgan fingerprint density at radius 1 is 1.32 bits per heavy atom. The van der Waals surface area contributed by atoms with Gasteiger partial charge in [-0.05, 0) is 24.0 Å². The first-order valence-electron chi connectivity index (χ1n) is 10.6. The number of primary amides is 1. The highest BCUT2D eigenvalue weighted by Gasteiger charge is 2.34. The summed E-state index contributed by atoms with van der Waals surface area (Å²) in [6, 6.07) is 12.1. The molecule has 4 N–H and O–H groups in total. The highest BCUT2D eigenvalue weighted by Crippen LogP contribution is 2.40. The second kappa shape index (κ2) is 10.9. The van der Waals surface area contributed by atoms with Gasteiger partial charge in [0.15, 0.2) is 0 Å². The number of hydrogen-bond donors (Lipinski definition) is 3. The molecular formula is C23H23FN6O3S. The van der Waals surface area contributed by atoms with Crippen LogP contribution >= 0.6 is 11.8 Å². The number of carboxylic acid groups (broad SMARTS) is 1. The average Bonchev–Trinajstić information content (AvgIpc) is 2.82. The van der Waals surface area contributed by atoms with Gasteiger partial charge in [-0.25, -0.2) is 14.2 Å². The molecule has 0 saturated carbocycles. The molecule has 1 aromatic heterocycles. The van der Waals surface area contributed by atoms with Gasteiger partial charge in [-0.1, -0.05) is 49.0 Å². The number of pyridine rings is 1. The molecule has 0 spiro atoms. The maximum absolute atomic E-state index is 14.7. The molecule has 1 saturated heterocycles. The molecule has 2 heterocycles. The van der Waals surface area contributed by atoms with Crippen LogP contribution in [-0.2, 0) is 11.2 Å². The summed E-state index contributed by atoms with van der Waals surface area (Å²) in [5, 5.41) is 30.2. The Morgan fingerprint density at radius 3 is 2.53 bits per heavy atom. The second-order valence-corrected chi connectivity index (χ2v) is 8.76. The van der Waals surface area contributed by atoms with Gasteiger partial charge in [0, 0.05) is 6.54 Å². The first-order valence-corrected chi connectivity index (χ1v) is 11.4. The summed E-state index contributed by atoms with van der Waals surface area (Å²) in [7, 11) is 0. The number of carbonyl (C=O) groups excluding carboxylic acids is 1. The highest BCUT2D eigenvalue weighted by molar-refractivity contribution is 8.00. The fourth-order valence-corrected chi connectivity index (χ4v) is 5.00. The molecule has 0 aliphatic carbocycles. The van der Waals surface area contributed by atoms with Gasteiger partial charge in [-0.15, -0.1) is 0 Å². The summed E-state index contributed by atoms with van der Waals surface area (Å²) in [5.41, 5.74) is 7.08. The fraction of sp³-hybridized carbons (Fsp3) is 0.348. The van der Waals surface area contributed by atoms with Gasteiger partial charge < -0.3 is 21.1 Å². The van der Waals surface area contributed by atoms with Crippen molar-refractivity contribution >= 4 is 29.6 Å². The summed E-state index contributed by atoms with van der Waals surface area (Å²) in [5.74, 6) is -0.413. The lowest BCUT2D eigenvalue weighted by Gasteiger charge is -2.36. The third kappa shape index (κ3) is 5.21. The van der Waals surface area contributed by atoms with Crippen molar-refractivity contribution in [2.45, 2.75) is 42.3 Å². The lowest BCUT2D eigenvalue weighted by atomic mass is 9.99. The maximum atomic E-state index is 14.7. The van der Waals surface area contributed by atoms with Crippen LogP contribution in [0, 0.1) is 22.7 Å². The molecule has 176 valence electrons. The Kier molecular flexibility index (Phi) is 7.92. The maximum Gasteiger partial charge on any atom is 0.404 e. The number of hydrogen-bond acceptors (Lipinski definition) is 7. The number of nitriles is 2. The lowest BCUT2D eigenvalue weighted by molar-refractivity contribution is -0.117. The van der Waals surface area contributed by atoms with Crippen LogP contribution in [0.4, 0.5) is 15.0 Å². The largest absolute Gasteiger partial charge is 0.465 e. The van der Waals surface area contributed by atoms with Gasteiger partial charge >= 0.3 is 6.09 Å². The molecule has 1 fully saturated rings. The highest BCUT2D eigenvalue weighted by atomic mass is 32.2. The van der Waals surface area contributed by atoms with Crippen molar-refractivity contribution in [3.8, 4) is 12.1 Å². The van der Waals surface area contributed by atoms with Gasteiger partial charge in [0.05, 0.1) is 23.7 Å². The van der Waals surface area contributed by atoms with Gasteiger partial charge in [-0.3, -0.25) is 4.79 Å². The van der Waals surface area contributed by atoms with Crippen molar-refractivity contribution in [2.24, 2.45) is 5.73 Å². The summed E-state index contributed by atoms with van der Waals surface area (Å²) in [4.78, 5) is 29.3. The van der Waals surface area contributed by atoms with E-state index in [9.17, 15) is 24.5 Å². The zero-order chi connectivity index (χ0) is 24.8. The minimum absolute atomic E-state index is 0.163. The standard InChI is InChI=1S/C23H23FN6O3S/c1-2-14-15(10-25)21(30-9-8-18(17(24)12-30)28-23(32)33)29-22(16(14)11-26)34-19(20(27)31)13-6-4-3-5-7-13/h3-7,17-19,28H,2,8-9,12H2,1H3,(H2,27,31)(H,32,33)/t17-,18+,19?/m0/s1. The molecule has 0 radical (unpaired) electrons. The van der Waals surface area contributed by atoms with Gasteiger partial charge in [0.1, 0.15) is 34.4 Å². The molecule has 2 aromatic rings. The van der Waals surface area contributed by atoms with Crippen molar-refractivity contribution in [2.75, 3.05) is 18.0 Å². The van der Waals surface area contributed by atoms with Crippen LogP contribution in [0.1, 0.15) is 40.8 Å². The van der Waals surface area contributed by atoms with Crippen LogP contribution < -0.4 is 16.0 Å². The molecule has 1 aromatic carbocycles. The average molecular weight is 483 g/mol. The van der Waals surface area contributed by atoms with E-state index in [4.69, 9.17) is 10.8 Å². The lowest BCUT2D eigenvalue weighted by Crippen LogP contribution is -2.52. The SMILES string of the molecule is CCc1c(C#N)c(SC(C(N)=O)c2ccccc2)nc(N2CC[C@@H](NC(=O)O)[C@@H](F)C2)c1C#N. The number of nitrogens with two attached hydrogens (primary N) is 1. The topological polar surface area (TPSA) is 156 Å². The summed E-state index contributed by atoms with van der Waals surface area (Å²) >= 11 is 1.01. The number of alkyl halides is 1. The number of piperidine rings is 1. The normalized spacial score (nSPS) is 18.4. The van der Waals surface area contributed by atoms with Crippen molar-refractivity contribution in [3.05, 3.63) is 52.6 Å². The quantitative estimate of drug-likeness (QED) is 0.509. The first-order chi connectivity index (χ1) is 16.3. The smallest absolute Gasteiger partial charge is 0.404 e. The minimum atomic E-state index is -1.52. The molecule has 1 aliphatic heterocycles. The van der Waals surface area contributed by atoms with Gasteiger partial charge in [-0.2, -0.15) is 10.5 Å². The van der Waals surface area contributed by atoms with Gasteiger partial charge in [0.25, 0.3) is 0 Å². The van der Waals surface area contributed by atoms with E-state index in [1.165, 1.54) is 0 Å². The molecule has 2 amide bonds. The van der Waals surface area contributed by atoms with Crippen molar-refractivity contribution in [1.82, 2.24) is 10.3 Å². The van der Waals surface area contributed by atoms with Crippen molar-refractivity contribution < 1.29 is 19.1 Å². The Hall–Kier alpha value is -3.83. The van der Waals surface area contributed by atoms with E-state index in [2.05, 4.69) is 22.4 Å². The molecule has 0 bridgehead atoms. The molecule has 3 atom stereocenters. The van der Waals surface area contributed by atoms with E-state index in [0.29, 0.717) is 17.5 Å². The Bertz CT molecular complexity index is 1160. The van der Waals surface area contributed by atoms with Crippen LogP contribution in [0.15, 0.2) is 35.4 Å². The number of thioether (sulfide) groups is 1. The molecule has 3 rings (SSSR count). The first kappa shape index (κ1) is 24.8. The summed E-state index contributed by atoms with van der Waals surface area (Å²) in [6.07, 6.45) is -2.30. The van der Waals surface area contributed by atoms with Crippen LogP contribution in [0.3, 0.4) is 0 Å². The number of halogens is 1. The van der Waals surface area contributed by atoms with Crippen LogP contribution in [0.2, 0.25) is 0 Å². The summed E-state index contributed by atoms with van der Waals surface area (Å²) in [6.45, 7) is 1.87. The van der Waals surface area contributed by atoms with Crippen molar-refractivity contribution in [1.29, 1.82) is 10.5 Å². The van der Waals surface area contributed by atoms with E-state index in [0.717, 1.165) is 11.8 Å². The number of nitrogens with one attached hydrogen (secondary N) is 1. The van der Waals surface area contributed by atoms with Crippen LogP contribution in [-0.4, -0.2) is 47.4 Å². The third-order valence-electron chi connectivity index (χ3n) is 5.57.